The van der Waals surface area contributed by atoms with Crippen molar-refractivity contribution in [3.63, 3.8) is 0 Å². The molecule has 0 aromatic heterocycles. The van der Waals surface area contributed by atoms with Crippen LogP contribution in [0.25, 0.3) is 0 Å². The maximum Gasteiger partial charge on any atom is 0.255 e. The van der Waals surface area contributed by atoms with E-state index in [9.17, 15) is 9.18 Å². The van der Waals surface area contributed by atoms with Crippen LogP contribution in [0.4, 0.5) is 10.1 Å². The van der Waals surface area contributed by atoms with Crippen molar-refractivity contribution in [3.05, 3.63) is 76.2 Å². The van der Waals surface area contributed by atoms with Crippen LogP contribution in [0.2, 0.25) is 0 Å². The third-order valence-corrected chi connectivity index (χ3v) is 5.22. The summed E-state index contributed by atoms with van der Waals surface area (Å²) in [4.78, 5) is 14.9. The molecule has 3 rings (SSSR count). The van der Waals surface area contributed by atoms with Crippen molar-refractivity contribution in [2.75, 3.05) is 12.4 Å². The van der Waals surface area contributed by atoms with Gasteiger partial charge in [0.15, 0.2) is 5.11 Å². The first-order chi connectivity index (χ1) is 12.8. The standard InChI is InChI=1S/C21H22FN3OS/c1-12-5-10-17(13(2)11-12)23-20(26)18-14(3)25(4)21(27)24-19(18)15-6-8-16(22)9-7-15/h5-11,19H,1-4H3,(H,23,26)(H,24,27)/t19-/m0/s1. The summed E-state index contributed by atoms with van der Waals surface area (Å²) < 4.78 is 13.3. The van der Waals surface area contributed by atoms with Crippen molar-refractivity contribution in [2.45, 2.75) is 26.8 Å². The van der Waals surface area contributed by atoms with Gasteiger partial charge in [-0.2, -0.15) is 0 Å². The van der Waals surface area contributed by atoms with Crippen LogP contribution in [0.5, 0.6) is 0 Å². The van der Waals surface area contributed by atoms with Crippen LogP contribution < -0.4 is 10.6 Å². The average molecular weight is 383 g/mol. The molecule has 6 heteroatoms. The van der Waals surface area contributed by atoms with Crippen LogP contribution in [0.1, 0.15) is 29.7 Å². The number of nitrogens with zero attached hydrogens (tertiary/aromatic N) is 1. The van der Waals surface area contributed by atoms with Gasteiger partial charge in [-0.1, -0.05) is 29.8 Å². The number of rotatable bonds is 3. The normalized spacial score (nSPS) is 17.0. The average Bonchev–Trinajstić information content (AvgIpc) is 2.62. The second-order valence-corrected chi connectivity index (χ2v) is 7.15. The SMILES string of the molecule is CC1=C(C(=O)Nc2ccc(C)cc2C)[C@H](c2ccc(F)cc2)NC(=S)N1C. The first kappa shape index (κ1) is 19.0. The lowest BCUT2D eigenvalue weighted by Gasteiger charge is -2.35. The quantitative estimate of drug-likeness (QED) is 0.779. The topological polar surface area (TPSA) is 44.4 Å². The van der Waals surface area contributed by atoms with Gasteiger partial charge >= 0.3 is 0 Å². The van der Waals surface area contributed by atoms with Crippen LogP contribution in [0.3, 0.4) is 0 Å². The lowest BCUT2D eigenvalue weighted by Crippen LogP contribution is -2.46. The number of carbonyl (C=O) groups is 1. The van der Waals surface area contributed by atoms with E-state index in [1.165, 1.54) is 12.1 Å². The van der Waals surface area contributed by atoms with Crippen molar-refractivity contribution < 1.29 is 9.18 Å². The van der Waals surface area contributed by atoms with Gasteiger partial charge in [0, 0.05) is 18.4 Å². The molecular weight excluding hydrogens is 361 g/mol. The lowest BCUT2D eigenvalue weighted by molar-refractivity contribution is -0.113. The first-order valence-corrected chi connectivity index (χ1v) is 9.08. The highest BCUT2D eigenvalue weighted by atomic mass is 32.1. The van der Waals surface area contributed by atoms with E-state index in [0.29, 0.717) is 10.7 Å². The molecule has 1 heterocycles. The predicted molar refractivity (Wildman–Crippen MR) is 110 cm³/mol. The molecule has 0 saturated heterocycles. The van der Waals surface area contributed by atoms with E-state index in [4.69, 9.17) is 12.2 Å². The maximum absolute atomic E-state index is 13.3. The fraction of sp³-hybridized carbons (Fsp3) is 0.238. The second-order valence-electron chi connectivity index (χ2n) is 6.76. The van der Waals surface area contributed by atoms with Gasteiger partial charge < -0.3 is 15.5 Å². The zero-order chi connectivity index (χ0) is 19.7. The summed E-state index contributed by atoms with van der Waals surface area (Å²) in [6, 6.07) is 11.5. The number of nitrogens with one attached hydrogen (secondary N) is 2. The van der Waals surface area contributed by atoms with Crippen molar-refractivity contribution in [1.29, 1.82) is 0 Å². The number of allylic oxidation sites excluding steroid dienone is 1. The summed E-state index contributed by atoms with van der Waals surface area (Å²) in [5.74, 6) is -0.535. The highest BCUT2D eigenvalue weighted by Gasteiger charge is 2.32. The van der Waals surface area contributed by atoms with Gasteiger partial charge in [0.25, 0.3) is 5.91 Å². The largest absolute Gasteiger partial charge is 0.351 e. The molecular formula is C21H22FN3OS. The molecule has 0 unspecified atom stereocenters. The fourth-order valence-corrected chi connectivity index (χ4v) is 3.43. The van der Waals surface area contributed by atoms with Gasteiger partial charge in [-0.25, -0.2) is 4.39 Å². The van der Waals surface area contributed by atoms with Crippen LogP contribution in [-0.4, -0.2) is 23.0 Å². The van der Waals surface area contributed by atoms with Crippen LogP contribution in [-0.2, 0) is 4.79 Å². The summed E-state index contributed by atoms with van der Waals surface area (Å²) in [5.41, 5.74) is 4.98. The third-order valence-electron chi connectivity index (χ3n) is 4.83. The van der Waals surface area contributed by atoms with Gasteiger partial charge in [-0.3, -0.25) is 4.79 Å². The summed E-state index contributed by atoms with van der Waals surface area (Å²) in [6.45, 7) is 5.83. The number of halogens is 1. The number of hydrogen-bond donors (Lipinski definition) is 2. The highest BCUT2D eigenvalue weighted by Crippen LogP contribution is 2.31. The molecule has 0 aliphatic carbocycles. The van der Waals surface area contributed by atoms with E-state index in [0.717, 1.165) is 28.1 Å². The molecule has 1 aliphatic heterocycles. The van der Waals surface area contributed by atoms with Crippen molar-refractivity contribution in [2.24, 2.45) is 0 Å². The van der Waals surface area contributed by atoms with E-state index in [2.05, 4.69) is 10.6 Å². The Morgan fingerprint density at radius 2 is 1.81 bits per heavy atom. The molecule has 0 fully saturated rings. The summed E-state index contributed by atoms with van der Waals surface area (Å²) in [5, 5.41) is 6.71. The Hall–Kier alpha value is -2.73. The van der Waals surface area contributed by atoms with Gasteiger partial charge in [0.2, 0.25) is 0 Å². The Labute approximate surface area is 164 Å². The number of carbonyl (C=O) groups excluding carboxylic acids is 1. The molecule has 140 valence electrons. The Kier molecular flexibility index (Phi) is 5.28. The molecule has 0 spiro atoms. The predicted octanol–water partition coefficient (Wildman–Crippen LogP) is 4.22. The van der Waals surface area contributed by atoms with Crippen LogP contribution in [0, 0.1) is 19.7 Å². The number of hydrogen-bond acceptors (Lipinski definition) is 2. The molecule has 0 radical (unpaired) electrons. The smallest absolute Gasteiger partial charge is 0.255 e. The minimum atomic E-state index is -0.444. The third kappa shape index (κ3) is 3.85. The maximum atomic E-state index is 13.3. The lowest BCUT2D eigenvalue weighted by atomic mass is 9.94. The molecule has 2 aromatic carbocycles. The molecule has 2 N–H and O–H groups in total. The monoisotopic (exact) mass is 383 g/mol. The van der Waals surface area contributed by atoms with Gasteiger partial charge in [-0.05, 0) is 62.3 Å². The van der Waals surface area contributed by atoms with Crippen molar-refractivity contribution >= 4 is 28.9 Å². The number of aryl methyl sites for hydroxylation is 2. The van der Waals surface area contributed by atoms with Gasteiger partial charge in [0.05, 0.1) is 11.6 Å². The second kappa shape index (κ2) is 7.48. The number of benzene rings is 2. The van der Waals surface area contributed by atoms with Gasteiger partial charge in [0.1, 0.15) is 5.82 Å². The molecule has 1 amide bonds. The summed E-state index contributed by atoms with van der Waals surface area (Å²) >= 11 is 5.39. The molecule has 1 atom stereocenters. The van der Waals surface area contributed by atoms with E-state index < -0.39 is 6.04 Å². The Balaban J connectivity index is 2.00. The molecule has 1 aliphatic rings. The molecule has 2 aromatic rings. The van der Waals surface area contributed by atoms with Gasteiger partial charge in [-0.15, -0.1) is 0 Å². The Morgan fingerprint density at radius 1 is 1.15 bits per heavy atom. The molecule has 4 nitrogen and oxygen atoms in total. The molecule has 27 heavy (non-hydrogen) atoms. The first-order valence-electron chi connectivity index (χ1n) is 8.67. The Bertz CT molecular complexity index is 937. The highest BCUT2D eigenvalue weighted by molar-refractivity contribution is 7.80. The van der Waals surface area contributed by atoms with Crippen LogP contribution in [0.15, 0.2) is 53.7 Å². The van der Waals surface area contributed by atoms with Crippen molar-refractivity contribution in [3.8, 4) is 0 Å². The number of anilines is 1. The van der Waals surface area contributed by atoms with E-state index >= 15 is 0 Å². The zero-order valence-corrected chi connectivity index (χ0v) is 16.6. The number of thiocarbonyl (C=S) groups is 1. The number of amides is 1. The van der Waals surface area contributed by atoms with E-state index in [1.54, 1.807) is 17.0 Å². The van der Waals surface area contributed by atoms with E-state index in [1.807, 2.05) is 46.0 Å². The van der Waals surface area contributed by atoms with Crippen LogP contribution >= 0.6 is 12.2 Å². The molecule has 0 bridgehead atoms. The molecule has 0 saturated carbocycles. The zero-order valence-electron chi connectivity index (χ0n) is 15.8. The van der Waals surface area contributed by atoms with E-state index in [-0.39, 0.29) is 11.7 Å². The Morgan fingerprint density at radius 3 is 2.44 bits per heavy atom. The minimum absolute atomic E-state index is 0.212. The van der Waals surface area contributed by atoms with Crippen molar-refractivity contribution in [1.82, 2.24) is 10.2 Å². The fourth-order valence-electron chi connectivity index (χ4n) is 3.18. The minimum Gasteiger partial charge on any atom is -0.351 e. The summed E-state index contributed by atoms with van der Waals surface area (Å²) in [6.07, 6.45) is 0. The summed E-state index contributed by atoms with van der Waals surface area (Å²) in [7, 11) is 1.82.